The number of piperidine rings is 1. The molecule has 2 aliphatic rings. The third-order valence-electron chi connectivity index (χ3n) is 5.01. The van der Waals surface area contributed by atoms with Crippen LogP contribution in [0.5, 0.6) is 0 Å². The molecule has 122 valence electrons. The number of hydrogen-bond acceptors (Lipinski definition) is 5. The fourth-order valence-electron chi connectivity index (χ4n) is 3.38. The molecule has 1 aliphatic carbocycles. The summed E-state index contributed by atoms with van der Waals surface area (Å²) in [4.78, 5) is 6.84. The molecule has 1 aliphatic heterocycles. The maximum Gasteiger partial charge on any atom is 0.240 e. The van der Waals surface area contributed by atoms with Crippen molar-refractivity contribution in [1.29, 1.82) is 0 Å². The van der Waals surface area contributed by atoms with E-state index in [2.05, 4.69) is 15.0 Å². The first-order chi connectivity index (χ1) is 11.3. The monoisotopic (exact) mass is 313 g/mol. The molecule has 1 saturated carbocycles. The minimum absolute atomic E-state index is 0.332. The first-order valence-electron chi connectivity index (χ1n) is 8.57. The Hall–Kier alpha value is -1.72. The van der Waals surface area contributed by atoms with Gasteiger partial charge in [-0.05, 0) is 50.3 Å². The largest absolute Gasteiger partial charge is 0.388 e. The van der Waals surface area contributed by atoms with Crippen LogP contribution in [-0.2, 0) is 6.54 Å². The van der Waals surface area contributed by atoms with Gasteiger partial charge in [-0.2, -0.15) is 4.98 Å². The smallest absolute Gasteiger partial charge is 0.240 e. The predicted molar refractivity (Wildman–Crippen MR) is 85.7 cm³/mol. The second-order valence-electron chi connectivity index (χ2n) is 6.79. The van der Waals surface area contributed by atoms with Crippen LogP contribution in [0.4, 0.5) is 0 Å². The maximum absolute atomic E-state index is 10.5. The summed E-state index contributed by atoms with van der Waals surface area (Å²) in [5.74, 6) is 2.49. The molecule has 23 heavy (non-hydrogen) atoms. The van der Waals surface area contributed by atoms with E-state index in [9.17, 15) is 5.11 Å². The van der Waals surface area contributed by atoms with E-state index >= 15 is 0 Å². The molecule has 2 fully saturated rings. The van der Waals surface area contributed by atoms with Crippen molar-refractivity contribution in [1.82, 2.24) is 15.0 Å². The number of nitrogens with zero attached hydrogens (tertiary/aromatic N) is 3. The maximum atomic E-state index is 10.5. The molecule has 0 radical (unpaired) electrons. The summed E-state index contributed by atoms with van der Waals surface area (Å²) in [5, 5.41) is 14.6. The van der Waals surface area contributed by atoms with Gasteiger partial charge in [-0.25, -0.2) is 0 Å². The highest BCUT2D eigenvalue weighted by Crippen LogP contribution is 2.38. The minimum Gasteiger partial charge on any atom is -0.388 e. The molecule has 1 atom stereocenters. The summed E-state index contributed by atoms with van der Waals surface area (Å²) in [6, 6.07) is 9.98. The van der Waals surface area contributed by atoms with Crippen LogP contribution in [0.3, 0.4) is 0 Å². The molecule has 5 nitrogen and oxygen atoms in total. The van der Waals surface area contributed by atoms with Gasteiger partial charge in [0.05, 0.1) is 12.6 Å². The zero-order valence-corrected chi connectivity index (χ0v) is 13.3. The number of aromatic nitrogens is 2. The lowest BCUT2D eigenvalue weighted by Crippen LogP contribution is -2.35. The summed E-state index contributed by atoms with van der Waals surface area (Å²) < 4.78 is 5.36. The van der Waals surface area contributed by atoms with Crippen molar-refractivity contribution in [3.8, 4) is 0 Å². The lowest BCUT2D eigenvalue weighted by atomic mass is 9.87. The van der Waals surface area contributed by atoms with E-state index < -0.39 is 0 Å². The van der Waals surface area contributed by atoms with Crippen LogP contribution >= 0.6 is 0 Å². The van der Waals surface area contributed by atoms with Gasteiger partial charge >= 0.3 is 0 Å². The van der Waals surface area contributed by atoms with Gasteiger partial charge < -0.3 is 9.63 Å². The van der Waals surface area contributed by atoms with Gasteiger partial charge in [0.1, 0.15) is 0 Å². The topological polar surface area (TPSA) is 62.4 Å². The highest BCUT2D eigenvalue weighted by atomic mass is 16.5. The molecular formula is C18H23N3O2. The first-order valence-corrected chi connectivity index (χ1v) is 8.57. The van der Waals surface area contributed by atoms with Gasteiger partial charge in [-0.15, -0.1) is 0 Å². The van der Waals surface area contributed by atoms with Gasteiger partial charge in [0.25, 0.3) is 0 Å². The normalized spacial score (nSPS) is 21.4. The highest BCUT2D eigenvalue weighted by Gasteiger charge is 2.30. The third kappa shape index (κ3) is 3.46. The second kappa shape index (κ2) is 6.42. The zero-order chi connectivity index (χ0) is 15.6. The Kier molecular flexibility index (Phi) is 4.14. The SMILES string of the molecule is OC(c1ccccc1)C1CCN(Cc2nc(C3CC3)no2)CC1. The van der Waals surface area contributed by atoms with Crippen molar-refractivity contribution < 1.29 is 9.63 Å². The molecule has 5 heteroatoms. The van der Waals surface area contributed by atoms with Crippen LogP contribution in [0.25, 0.3) is 0 Å². The van der Waals surface area contributed by atoms with Crippen LogP contribution in [0, 0.1) is 5.92 Å². The van der Waals surface area contributed by atoms with E-state index in [0.29, 0.717) is 11.8 Å². The summed E-state index contributed by atoms with van der Waals surface area (Å²) in [5.41, 5.74) is 1.02. The molecule has 1 unspecified atom stereocenters. The minimum atomic E-state index is -0.358. The Bertz CT molecular complexity index is 631. The van der Waals surface area contributed by atoms with Crippen LogP contribution in [0.2, 0.25) is 0 Å². The number of likely N-dealkylation sites (tertiary alicyclic amines) is 1. The van der Waals surface area contributed by atoms with E-state index in [4.69, 9.17) is 4.52 Å². The third-order valence-corrected chi connectivity index (χ3v) is 5.01. The quantitative estimate of drug-likeness (QED) is 0.919. The van der Waals surface area contributed by atoms with Crippen molar-refractivity contribution in [2.75, 3.05) is 13.1 Å². The average molecular weight is 313 g/mol. The number of rotatable bonds is 5. The first kappa shape index (κ1) is 14.8. The molecule has 1 saturated heterocycles. The number of benzene rings is 1. The molecule has 0 spiro atoms. The lowest BCUT2D eigenvalue weighted by molar-refractivity contribution is 0.0538. The van der Waals surface area contributed by atoms with Gasteiger partial charge in [0.15, 0.2) is 5.82 Å². The molecule has 0 amide bonds. The molecular weight excluding hydrogens is 290 g/mol. The molecule has 2 heterocycles. The van der Waals surface area contributed by atoms with Crippen molar-refractivity contribution in [3.63, 3.8) is 0 Å². The molecule has 1 N–H and O–H groups in total. The highest BCUT2D eigenvalue weighted by molar-refractivity contribution is 5.18. The summed E-state index contributed by atoms with van der Waals surface area (Å²) in [6.45, 7) is 2.67. The Labute approximate surface area is 136 Å². The number of hydrogen-bond donors (Lipinski definition) is 1. The Balaban J connectivity index is 1.30. The van der Waals surface area contributed by atoms with E-state index in [1.165, 1.54) is 12.8 Å². The molecule has 4 rings (SSSR count). The Morgan fingerprint density at radius 2 is 1.87 bits per heavy atom. The molecule has 2 aromatic rings. The standard InChI is InChI=1S/C18H23N3O2/c22-17(13-4-2-1-3-5-13)14-8-10-21(11-9-14)12-16-19-18(20-23-16)15-6-7-15/h1-5,14-15,17,22H,6-12H2. The Morgan fingerprint density at radius 1 is 1.13 bits per heavy atom. The van der Waals surface area contributed by atoms with Crippen molar-refractivity contribution in [2.24, 2.45) is 5.92 Å². The average Bonchev–Trinajstić information content (AvgIpc) is 3.36. The molecule has 0 bridgehead atoms. The number of aliphatic hydroxyl groups is 1. The Morgan fingerprint density at radius 3 is 2.57 bits per heavy atom. The van der Waals surface area contributed by atoms with Crippen molar-refractivity contribution >= 4 is 0 Å². The fourth-order valence-corrected chi connectivity index (χ4v) is 3.38. The van der Waals surface area contributed by atoms with E-state index in [1.807, 2.05) is 30.3 Å². The lowest BCUT2D eigenvalue weighted by Gasteiger charge is -2.33. The number of aliphatic hydroxyl groups excluding tert-OH is 1. The van der Waals surface area contributed by atoms with E-state index in [-0.39, 0.29) is 6.10 Å². The second-order valence-corrected chi connectivity index (χ2v) is 6.79. The molecule has 1 aromatic carbocycles. The van der Waals surface area contributed by atoms with Crippen molar-refractivity contribution in [2.45, 2.75) is 44.2 Å². The zero-order valence-electron chi connectivity index (χ0n) is 13.3. The summed E-state index contributed by atoms with van der Waals surface area (Å²) in [7, 11) is 0. The van der Waals surface area contributed by atoms with E-state index in [1.54, 1.807) is 0 Å². The van der Waals surface area contributed by atoms with Crippen LogP contribution in [0.1, 0.15) is 55.0 Å². The summed E-state index contributed by atoms with van der Waals surface area (Å²) in [6.07, 6.45) is 4.03. The summed E-state index contributed by atoms with van der Waals surface area (Å²) >= 11 is 0. The molecule has 1 aromatic heterocycles. The van der Waals surface area contributed by atoms with Crippen LogP contribution in [0.15, 0.2) is 34.9 Å². The van der Waals surface area contributed by atoms with Crippen molar-refractivity contribution in [3.05, 3.63) is 47.6 Å². The fraction of sp³-hybridized carbons (Fsp3) is 0.556. The van der Waals surface area contributed by atoms with Gasteiger partial charge in [-0.3, -0.25) is 4.90 Å². The van der Waals surface area contributed by atoms with Gasteiger partial charge in [-0.1, -0.05) is 35.5 Å². The van der Waals surface area contributed by atoms with Crippen LogP contribution in [-0.4, -0.2) is 33.2 Å². The van der Waals surface area contributed by atoms with Gasteiger partial charge in [0, 0.05) is 5.92 Å². The van der Waals surface area contributed by atoms with E-state index in [0.717, 1.165) is 49.8 Å². The predicted octanol–water partition coefficient (Wildman–Crippen LogP) is 2.89. The van der Waals surface area contributed by atoms with Crippen LogP contribution < -0.4 is 0 Å². The van der Waals surface area contributed by atoms with Gasteiger partial charge in [0.2, 0.25) is 5.89 Å².